The maximum absolute atomic E-state index is 10.8. The van der Waals surface area contributed by atoms with E-state index in [1.807, 2.05) is 6.07 Å². The summed E-state index contributed by atoms with van der Waals surface area (Å²) in [6.45, 7) is 7.46. The number of carbonyl (C=O) groups is 1. The third kappa shape index (κ3) is 4.49. The Kier molecular flexibility index (Phi) is 5.86. The fraction of sp³-hybridized carbons (Fsp3) is 0.533. The normalized spacial score (nSPS) is 10.7. The van der Waals surface area contributed by atoms with E-state index in [-0.39, 0.29) is 5.78 Å². The summed E-state index contributed by atoms with van der Waals surface area (Å²) in [5, 5.41) is 3.27. The number of hydrogen-bond donors (Lipinski definition) is 1. The second-order valence-electron chi connectivity index (χ2n) is 4.86. The summed E-state index contributed by atoms with van der Waals surface area (Å²) in [7, 11) is 1.70. The van der Waals surface area contributed by atoms with Crippen LogP contribution in [0.5, 0.6) is 5.75 Å². The first kappa shape index (κ1) is 14.7. The van der Waals surface area contributed by atoms with Crippen molar-refractivity contribution in [3.05, 3.63) is 29.3 Å². The lowest BCUT2D eigenvalue weighted by Crippen LogP contribution is -2.17. The van der Waals surface area contributed by atoms with E-state index in [2.05, 4.69) is 31.3 Å². The van der Waals surface area contributed by atoms with Crippen molar-refractivity contribution in [2.45, 2.75) is 39.7 Å². The van der Waals surface area contributed by atoms with Gasteiger partial charge < -0.3 is 10.1 Å². The molecule has 0 aromatic heterocycles. The van der Waals surface area contributed by atoms with Crippen LogP contribution in [0.1, 0.15) is 44.2 Å². The van der Waals surface area contributed by atoms with Crippen LogP contribution in [-0.2, 0) is 11.3 Å². The molecule has 0 bridgehead atoms. The van der Waals surface area contributed by atoms with Crippen molar-refractivity contribution in [1.82, 2.24) is 5.32 Å². The molecule has 0 heterocycles. The van der Waals surface area contributed by atoms with E-state index in [4.69, 9.17) is 4.74 Å². The molecule has 100 valence electrons. The zero-order valence-electron chi connectivity index (χ0n) is 11.7. The van der Waals surface area contributed by atoms with Gasteiger partial charge in [-0.1, -0.05) is 26.0 Å². The predicted molar refractivity (Wildman–Crippen MR) is 74.1 cm³/mol. The second kappa shape index (κ2) is 7.17. The monoisotopic (exact) mass is 249 g/mol. The smallest absolute Gasteiger partial charge is 0.131 e. The SMILES string of the molecule is COc1ccc(CNCCC(C)=O)cc1C(C)C. The molecule has 0 saturated heterocycles. The van der Waals surface area contributed by atoms with Crippen LogP contribution < -0.4 is 10.1 Å². The molecule has 3 nitrogen and oxygen atoms in total. The summed E-state index contributed by atoms with van der Waals surface area (Å²) in [4.78, 5) is 10.8. The Labute approximate surface area is 110 Å². The first-order valence-corrected chi connectivity index (χ1v) is 6.41. The van der Waals surface area contributed by atoms with Crippen LogP contribution >= 0.6 is 0 Å². The Morgan fingerprint density at radius 2 is 2.11 bits per heavy atom. The molecule has 1 N–H and O–H groups in total. The van der Waals surface area contributed by atoms with Crippen molar-refractivity contribution in [3.8, 4) is 5.75 Å². The van der Waals surface area contributed by atoms with Crippen molar-refractivity contribution in [2.75, 3.05) is 13.7 Å². The minimum atomic E-state index is 0.222. The zero-order valence-corrected chi connectivity index (χ0v) is 11.7. The Balaban J connectivity index is 2.61. The third-order valence-electron chi connectivity index (χ3n) is 2.90. The van der Waals surface area contributed by atoms with Crippen LogP contribution in [0.4, 0.5) is 0 Å². The molecule has 1 aromatic carbocycles. The van der Waals surface area contributed by atoms with E-state index in [1.165, 1.54) is 11.1 Å². The van der Waals surface area contributed by atoms with Crippen LogP contribution in [0.3, 0.4) is 0 Å². The van der Waals surface area contributed by atoms with Crippen LogP contribution in [0.25, 0.3) is 0 Å². The number of methoxy groups -OCH3 is 1. The number of benzene rings is 1. The Bertz CT molecular complexity index is 399. The molecule has 0 atom stereocenters. The number of nitrogens with one attached hydrogen (secondary N) is 1. The minimum absolute atomic E-state index is 0.222. The fourth-order valence-electron chi connectivity index (χ4n) is 1.84. The van der Waals surface area contributed by atoms with Crippen molar-refractivity contribution in [2.24, 2.45) is 0 Å². The third-order valence-corrected chi connectivity index (χ3v) is 2.90. The summed E-state index contributed by atoms with van der Waals surface area (Å²) >= 11 is 0. The van der Waals surface area contributed by atoms with Crippen LogP contribution in [0.15, 0.2) is 18.2 Å². The number of ether oxygens (including phenoxy) is 1. The van der Waals surface area contributed by atoms with Crippen LogP contribution in [0, 0.1) is 0 Å². The standard InChI is InChI=1S/C15H23NO2/c1-11(2)14-9-13(5-6-15(14)18-4)10-16-8-7-12(3)17/h5-6,9,11,16H,7-8,10H2,1-4H3. The summed E-state index contributed by atoms with van der Waals surface area (Å²) in [5.74, 6) is 1.61. The van der Waals surface area contributed by atoms with Gasteiger partial charge in [0.15, 0.2) is 0 Å². The highest BCUT2D eigenvalue weighted by Crippen LogP contribution is 2.27. The molecular weight excluding hydrogens is 226 g/mol. The molecule has 0 amide bonds. The average Bonchev–Trinajstić information content (AvgIpc) is 2.34. The molecule has 1 aromatic rings. The van der Waals surface area contributed by atoms with E-state index < -0.39 is 0 Å². The van der Waals surface area contributed by atoms with Gasteiger partial charge in [-0.15, -0.1) is 0 Å². The van der Waals surface area contributed by atoms with E-state index >= 15 is 0 Å². The molecule has 18 heavy (non-hydrogen) atoms. The van der Waals surface area contributed by atoms with Gasteiger partial charge in [0.2, 0.25) is 0 Å². The van der Waals surface area contributed by atoms with Gasteiger partial charge in [0, 0.05) is 19.5 Å². The molecule has 0 unspecified atom stereocenters. The van der Waals surface area contributed by atoms with Crippen molar-refractivity contribution in [1.29, 1.82) is 0 Å². The highest BCUT2D eigenvalue weighted by molar-refractivity contribution is 5.75. The van der Waals surface area contributed by atoms with Gasteiger partial charge in [-0.25, -0.2) is 0 Å². The lowest BCUT2D eigenvalue weighted by molar-refractivity contribution is -0.116. The molecular formula is C15H23NO2. The van der Waals surface area contributed by atoms with Crippen molar-refractivity contribution >= 4 is 5.78 Å². The molecule has 0 saturated carbocycles. The molecule has 0 radical (unpaired) electrons. The van der Waals surface area contributed by atoms with Gasteiger partial charge >= 0.3 is 0 Å². The highest BCUT2D eigenvalue weighted by Gasteiger charge is 2.08. The topological polar surface area (TPSA) is 38.3 Å². The lowest BCUT2D eigenvalue weighted by Gasteiger charge is -2.13. The number of hydrogen-bond acceptors (Lipinski definition) is 3. The second-order valence-corrected chi connectivity index (χ2v) is 4.86. The quantitative estimate of drug-likeness (QED) is 0.755. The molecule has 3 heteroatoms. The molecule has 1 rings (SSSR count). The molecule has 0 spiro atoms. The van der Waals surface area contributed by atoms with Crippen molar-refractivity contribution < 1.29 is 9.53 Å². The van der Waals surface area contributed by atoms with Crippen LogP contribution in [0.2, 0.25) is 0 Å². The minimum Gasteiger partial charge on any atom is -0.496 e. The largest absolute Gasteiger partial charge is 0.496 e. The summed E-state index contributed by atoms with van der Waals surface area (Å²) in [5.41, 5.74) is 2.45. The number of rotatable bonds is 7. The summed E-state index contributed by atoms with van der Waals surface area (Å²) in [6, 6.07) is 6.24. The van der Waals surface area contributed by atoms with E-state index in [0.717, 1.165) is 18.8 Å². The first-order valence-electron chi connectivity index (χ1n) is 6.41. The maximum Gasteiger partial charge on any atom is 0.131 e. The lowest BCUT2D eigenvalue weighted by atomic mass is 9.99. The molecule has 0 aliphatic heterocycles. The van der Waals surface area contributed by atoms with Gasteiger partial charge in [0.05, 0.1) is 7.11 Å². The van der Waals surface area contributed by atoms with E-state index in [9.17, 15) is 4.79 Å². The van der Waals surface area contributed by atoms with Crippen LogP contribution in [-0.4, -0.2) is 19.4 Å². The first-order chi connectivity index (χ1) is 8.54. The summed E-state index contributed by atoms with van der Waals surface area (Å²) < 4.78 is 5.35. The van der Waals surface area contributed by atoms with Crippen molar-refractivity contribution in [3.63, 3.8) is 0 Å². The van der Waals surface area contributed by atoms with Gasteiger partial charge in [-0.3, -0.25) is 4.79 Å². The number of Topliss-reactive ketones (excluding diaryl/α,β-unsaturated/α-hetero) is 1. The number of carbonyl (C=O) groups excluding carboxylic acids is 1. The Morgan fingerprint density at radius 3 is 2.67 bits per heavy atom. The molecule has 0 aliphatic rings. The highest BCUT2D eigenvalue weighted by atomic mass is 16.5. The Morgan fingerprint density at radius 1 is 1.39 bits per heavy atom. The molecule has 0 fully saturated rings. The van der Waals surface area contributed by atoms with E-state index in [1.54, 1.807) is 14.0 Å². The fourth-order valence-corrected chi connectivity index (χ4v) is 1.84. The van der Waals surface area contributed by atoms with Gasteiger partial charge in [0.1, 0.15) is 11.5 Å². The van der Waals surface area contributed by atoms with E-state index in [0.29, 0.717) is 12.3 Å². The molecule has 0 aliphatic carbocycles. The Hall–Kier alpha value is -1.35. The zero-order chi connectivity index (χ0) is 13.5. The number of ketones is 1. The predicted octanol–water partition coefficient (Wildman–Crippen LogP) is 2.89. The van der Waals surface area contributed by atoms with Gasteiger partial charge in [-0.05, 0) is 30.0 Å². The summed E-state index contributed by atoms with van der Waals surface area (Å²) in [6.07, 6.45) is 0.590. The van der Waals surface area contributed by atoms with Gasteiger partial charge in [0.25, 0.3) is 0 Å². The average molecular weight is 249 g/mol. The maximum atomic E-state index is 10.8. The van der Waals surface area contributed by atoms with Gasteiger partial charge in [-0.2, -0.15) is 0 Å².